The van der Waals surface area contributed by atoms with Crippen molar-refractivity contribution in [2.45, 2.75) is 25.4 Å². The van der Waals surface area contributed by atoms with Crippen LogP contribution in [0.4, 0.5) is 13.2 Å². The molecule has 1 aromatic carbocycles. The highest BCUT2D eigenvalue weighted by atomic mass is 19.4. The Morgan fingerprint density at radius 2 is 2.00 bits per heavy atom. The fraction of sp³-hybridized carbons (Fsp3) is 0.333. The molecule has 0 radical (unpaired) electrons. The Labute approximate surface area is 118 Å². The average molecular weight is 295 g/mol. The fourth-order valence-corrected chi connectivity index (χ4v) is 2.91. The zero-order valence-electron chi connectivity index (χ0n) is 10.9. The number of carboxylic acids is 1. The third-order valence-electron chi connectivity index (χ3n) is 3.94. The number of aromatic carboxylic acids is 1. The lowest BCUT2D eigenvalue weighted by atomic mass is 9.83. The molecular weight excluding hydrogens is 283 g/mol. The van der Waals surface area contributed by atoms with Gasteiger partial charge in [-0.1, -0.05) is 18.2 Å². The first kappa shape index (κ1) is 13.9. The van der Waals surface area contributed by atoms with Gasteiger partial charge in [-0.3, -0.25) is 4.98 Å². The minimum absolute atomic E-state index is 0.0375. The van der Waals surface area contributed by atoms with Gasteiger partial charge in [-0.05, 0) is 30.9 Å². The summed E-state index contributed by atoms with van der Waals surface area (Å²) in [5.74, 6) is -2.70. The predicted octanol–water partition coefficient (Wildman–Crippen LogP) is 3.60. The number of rotatable bonds is 1. The largest absolute Gasteiger partial charge is 0.478 e. The van der Waals surface area contributed by atoms with Crippen molar-refractivity contribution in [2.24, 2.45) is 5.92 Å². The molecule has 1 unspecified atom stereocenters. The van der Waals surface area contributed by atoms with Gasteiger partial charge < -0.3 is 5.11 Å². The maximum atomic E-state index is 12.9. The number of benzene rings is 1. The smallest absolute Gasteiger partial charge is 0.392 e. The molecule has 1 aliphatic rings. The standard InChI is InChI=1S/C15H12F3NO2/c16-15(17,18)8-5-6-12-10(7-8)13(14(20)21)9-3-1-2-4-11(9)19-12/h1-4,8H,5-7H2,(H,20,21). The van der Waals surface area contributed by atoms with Gasteiger partial charge in [0.05, 0.1) is 17.0 Å². The number of aryl methyl sites for hydroxylation is 1. The van der Waals surface area contributed by atoms with Gasteiger partial charge in [-0.2, -0.15) is 13.2 Å². The third kappa shape index (κ3) is 2.34. The van der Waals surface area contributed by atoms with Crippen LogP contribution < -0.4 is 0 Å². The third-order valence-corrected chi connectivity index (χ3v) is 3.94. The molecule has 6 heteroatoms. The number of halogens is 3. The first-order valence-electron chi connectivity index (χ1n) is 6.58. The number of pyridine rings is 1. The Hall–Kier alpha value is -2.11. The van der Waals surface area contributed by atoms with Crippen molar-refractivity contribution in [3.8, 4) is 0 Å². The highest BCUT2D eigenvalue weighted by Crippen LogP contribution is 2.39. The summed E-state index contributed by atoms with van der Waals surface area (Å²) in [5.41, 5.74) is 1.19. The van der Waals surface area contributed by atoms with Gasteiger partial charge in [-0.25, -0.2) is 4.79 Å². The number of fused-ring (bicyclic) bond motifs is 2. The molecule has 1 aromatic heterocycles. The summed E-state index contributed by atoms with van der Waals surface area (Å²) in [4.78, 5) is 15.9. The van der Waals surface area contributed by atoms with E-state index in [1.165, 1.54) is 0 Å². The SMILES string of the molecule is O=C(O)c1c2c(nc3ccccc13)CCC(C(F)(F)F)C2. The zero-order valence-corrected chi connectivity index (χ0v) is 10.9. The summed E-state index contributed by atoms with van der Waals surface area (Å²) >= 11 is 0. The Bertz CT molecular complexity index is 725. The number of hydrogen-bond acceptors (Lipinski definition) is 2. The second-order valence-corrected chi connectivity index (χ2v) is 5.22. The van der Waals surface area contributed by atoms with E-state index in [9.17, 15) is 23.1 Å². The van der Waals surface area contributed by atoms with Crippen LogP contribution in [-0.2, 0) is 12.8 Å². The van der Waals surface area contributed by atoms with Crippen LogP contribution in [0.25, 0.3) is 10.9 Å². The van der Waals surface area contributed by atoms with E-state index in [4.69, 9.17) is 0 Å². The Morgan fingerprint density at radius 3 is 2.67 bits per heavy atom. The van der Waals surface area contributed by atoms with E-state index in [-0.39, 0.29) is 30.4 Å². The van der Waals surface area contributed by atoms with Gasteiger partial charge in [-0.15, -0.1) is 0 Å². The summed E-state index contributed by atoms with van der Waals surface area (Å²) in [6, 6.07) is 6.66. The normalized spacial score (nSPS) is 18.5. The number of hydrogen-bond donors (Lipinski definition) is 1. The van der Waals surface area contributed by atoms with Crippen molar-refractivity contribution in [1.82, 2.24) is 4.98 Å². The second kappa shape index (κ2) is 4.72. The van der Waals surface area contributed by atoms with Crippen LogP contribution in [0.2, 0.25) is 0 Å². The molecule has 3 rings (SSSR count). The fourth-order valence-electron chi connectivity index (χ4n) is 2.91. The summed E-state index contributed by atoms with van der Waals surface area (Å²) in [5, 5.41) is 9.81. The molecule has 0 aliphatic heterocycles. The minimum atomic E-state index is -4.31. The minimum Gasteiger partial charge on any atom is -0.478 e. The number of alkyl halides is 3. The second-order valence-electron chi connectivity index (χ2n) is 5.22. The molecule has 1 aliphatic carbocycles. The lowest BCUT2D eigenvalue weighted by Crippen LogP contribution is -2.30. The van der Waals surface area contributed by atoms with Gasteiger partial charge in [0.25, 0.3) is 0 Å². The molecule has 1 atom stereocenters. The number of nitrogens with zero attached hydrogens (tertiary/aromatic N) is 1. The maximum Gasteiger partial charge on any atom is 0.392 e. The Balaban J connectivity index is 2.22. The van der Waals surface area contributed by atoms with Gasteiger partial charge >= 0.3 is 12.1 Å². The molecule has 110 valence electrons. The maximum absolute atomic E-state index is 12.9. The van der Waals surface area contributed by atoms with Crippen molar-refractivity contribution in [3.05, 3.63) is 41.1 Å². The molecule has 0 amide bonds. The van der Waals surface area contributed by atoms with E-state index in [0.29, 0.717) is 16.6 Å². The Kier molecular flexibility index (Phi) is 3.11. The van der Waals surface area contributed by atoms with E-state index >= 15 is 0 Å². The number of aromatic nitrogens is 1. The summed E-state index contributed by atoms with van der Waals surface area (Å²) < 4.78 is 38.7. The van der Waals surface area contributed by atoms with Gasteiger partial charge in [0.2, 0.25) is 0 Å². The van der Waals surface area contributed by atoms with Crippen molar-refractivity contribution in [3.63, 3.8) is 0 Å². The molecule has 0 spiro atoms. The highest BCUT2D eigenvalue weighted by Gasteiger charge is 2.42. The van der Waals surface area contributed by atoms with Crippen LogP contribution in [0.5, 0.6) is 0 Å². The topological polar surface area (TPSA) is 50.2 Å². The predicted molar refractivity (Wildman–Crippen MR) is 70.3 cm³/mol. The number of para-hydroxylation sites is 1. The van der Waals surface area contributed by atoms with E-state index < -0.39 is 18.1 Å². The van der Waals surface area contributed by atoms with Crippen molar-refractivity contribution < 1.29 is 23.1 Å². The van der Waals surface area contributed by atoms with Gasteiger partial charge in [0, 0.05) is 11.1 Å². The molecule has 0 saturated heterocycles. The van der Waals surface area contributed by atoms with E-state index in [1.807, 2.05) is 0 Å². The Morgan fingerprint density at radius 1 is 1.29 bits per heavy atom. The van der Waals surface area contributed by atoms with Crippen molar-refractivity contribution in [2.75, 3.05) is 0 Å². The van der Waals surface area contributed by atoms with Crippen LogP contribution in [0.1, 0.15) is 28.0 Å². The van der Waals surface area contributed by atoms with E-state index in [0.717, 1.165) is 0 Å². The lowest BCUT2D eigenvalue weighted by Gasteiger charge is -2.27. The van der Waals surface area contributed by atoms with Crippen LogP contribution in [-0.4, -0.2) is 22.2 Å². The summed E-state index contributed by atoms with van der Waals surface area (Å²) in [7, 11) is 0. The van der Waals surface area contributed by atoms with Crippen molar-refractivity contribution >= 4 is 16.9 Å². The van der Waals surface area contributed by atoms with Gasteiger partial charge in [0.1, 0.15) is 0 Å². The molecular formula is C15H12F3NO2. The van der Waals surface area contributed by atoms with Crippen LogP contribution in [0.3, 0.4) is 0 Å². The first-order valence-corrected chi connectivity index (χ1v) is 6.58. The monoisotopic (exact) mass is 295 g/mol. The van der Waals surface area contributed by atoms with Crippen molar-refractivity contribution in [1.29, 1.82) is 0 Å². The van der Waals surface area contributed by atoms with E-state index in [2.05, 4.69) is 4.98 Å². The lowest BCUT2D eigenvalue weighted by molar-refractivity contribution is -0.177. The van der Waals surface area contributed by atoms with Gasteiger partial charge in [0.15, 0.2) is 0 Å². The molecule has 3 nitrogen and oxygen atoms in total. The molecule has 0 saturated carbocycles. The average Bonchev–Trinajstić information content (AvgIpc) is 2.42. The van der Waals surface area contributed by atoms with Crippen LogP contribution in [0, 0.1) is 5.92 Å². The molecule has 21 heavy (non-hydrogen) atoms. The molecule has 0 bridgehead atoms. The highest BCUT2D eigenvalue weighted by molar-refractivity contribution is 6.04. The van der Waals surface area contributed by atoms with E-state index in [1.54, 1.807) is 24.3 Å². The van der Waals surface area contributed by atoms with Crippen LogP contribution in [0.15, 0.2) is 24.3 Å². The first-order chi connectivity index (χ1) is 9.88. The summed E-state index contributed by atoms with van der Waals surface area (Å²) in [6.45, 7) is 0. The number of carbonyl (C=O) groups is 1. The molecule has 1 heterocycles. The molecule has 2 aromatic rings. The van der Waals surface area contributed by atoms with Crippen LogP contribution >= 0.6 is 0 Å². The zero-order chi connectivity index (χ0) is 15.2. The molecule has 1 N–H and O–H groups in total. The summed E-state index contributed by atoms with van der Waals surface area (Å²) in [6.07, 6.45) is -4.50. The molecule has 0 fully saturated rings. The number of carboxylic acid groups (broad SMARTS) is 1. The quantitative estimate of drug-likeness (QED) is 0.874.